The summed E-state index contributed by atoms with van der Waals surface area (Å²) >= 11 is 0. The van der Waals surface area contributed by atoms with E-state index in [1.54, 1.807) is 18.2 Å². The quantitative estimate of drug-likeness (QED) is 0.782. The molecule has 0 fully saturated rings. The molecule has 1 aromatic carbocycles. The van der Waals surface area contributed by atoms with Crippen LogP contribution in [0, 0.1) is 0 Å². The predicted octanol–water partition coefficient (Wildman–Crippen LogP) is 1.83. The van der Waals surface area contributed by atoms with Crippen molar-refractivity contribution in [3.8, 4) is 0 Å². The van der Waals surface area contributed by atoms with Gasteiger partial charge in [0.15, 0.2) is 0 Å². The van der Waals surface area contributed by atoms with Crippen LogP contribution in [0.4, 0.5) is 0 Å². The topological polar surface area (TPSA) is 68.1 Å². The number of carbonyl (C=O) groups is 1. The van der Waals surface area contributed by atoms with Crippen LogP contribution in [0.25, 0.3) is 10.9 Å². The van der Waals surface area contributed by atoms with E-state index in [0.29, 0.717) is 10.9 Å². The van der Waals surface area contributed by atoms with Crippen molar-refractivity contribution in [2.75, 3.05) is 13.1 Å². The first kappa shape index (κ1) is 16.1. The minimum absolute atomic E-state index is 0.0607. The molecule has 2 rings (SSSR count). The Balaban J connectivity index is 2.09. The highest BCUT2D eigenvalue weighted by molar-refractivity contribution is 5.77. The second-order valence-corrected chi connectivity index (χ2v) is 5.27. The molecular weight excluding hydrogens is 280 g/mol. The second-order valence-electron chi connectivity index (χ2n) is 5.27. The van der Waals surface area contributed by atoms with Gasteiger partial charge in [-0.1, -0.05) is 31.2 Å². The number of hydrogen-bond donors (Lipinski definition) is 0. The summed E-state index contributed by atoms with van der Waals surface area (Å²) in [6, 6.07) is 7.09. The van der Waals surface area contributed by atoms with E-state index < -0.39 is 0 Å². The smallest absolute Gasteiger partial charge is 0.277 e. The predicted molar refractivity (Wildman–Crippen MR) is 85.6 cm³/mol. The lowest BCUT2D eigenvalue weighted by Gasteiger charge is -2.21. The van der Waals surface area contributed by atoms with Crippen molar-refractivity contribution in [3.63, 3.8) is 0 Å². The largest absolute Gasteiger partial charge is 0.343 e. The molecule has 0 bridgehead atoms. The Bertz CT molecular complexity index is 690. The van der Waals surface area contributed by atoms with Crippen LogP contribution in [-0.2, 0) is 11.3 Å². The summed E-state index contributed by atoms with van der Waals surface area (Å²) in [6.45, 7) is 5.87. The first-order valence-electron chi connectivity index (χ1n) is 7.77. The second kappa shape index (κ2) is 7.68. The fourth-order valence-corrected chi connectivity index (χ4v) is 2.43. The van der Waals surface area contributed by atoms with Crippen LogP contribution in [-0.4, -0.2) is 38.9 Å². The van der Waals surface area contributed by atoms with E-state index in [9.17, 15) is 9.59 Å². The van der Waals surface area contributed by atoms with Crippen LogP contribution in [0.15, 0.2) is 29.1 Å². The number of aromatic nitrogens is 3. The summed E-state index contributed by atoms with van der Waals surface area (Å²) in [5, 5.41) is 8.47. The number of benzene rings is 1. The van der Waals surface area contributed by atoms with Crippen molar-refractivity contribution in [1.29, 1.82) is 0 Å². The van der Waals surface area contributed by atoms with E-state index in [4.69, 9.17) is 0 Å². The zero-order valence-electron chi connectivity index (χ0n) is 13.2. The maximum absolute atomic E-state index is 12.3. The summed E-state index contributed by atoms with van der Waals surface area (Å²) in [5.74, 6) is 0.0607. The highest BCUT2D eigenvalue weighted by Gasteiger charge is 2.13. The standard InChI is InChI=1S/C16H22N4O2/c1-3-10-19(11-4-2)15(21)9-12-20-16(22)13-7-5-6-8-14(13)17-18-20/h5-8H,3-4,9-12H2,1-2H3. The highest BCUT2D eigenvalue weighted by Crippen LogP contribution is 2.04. The summed E-state index contributed by atoms with van der Waals surface area (Å²) in [6.07, 6.45) is 2.13. The van der Waals surface area contributed by atoms with Gasteiger partial charge in [-0.15, -0.1) is 5.10 Å². The third-order valence-electron chi connectivity index (χ3n) is 3.51. The van der Waals surface area contributed by atoms with Gasteiger partial charge in [-0.3, -0.25) is 9.59 Å². The first-order chi connectivity index (χ1) is 10.7. The van der Waals surface area contributed by atoms with Gasteiger partial charge in [-0.05, 0) is 25.0 Å². The number of hydrogen-bond acceptors (Lipinski definition) is 4. The SMILES string of the molecule is CCCN(CCC)C(=O)CCn1nnc2ccccc2c1=O. The summed E-state index contributed by atoms with van der Waals surface area (Å²) < 4.78 is 1.27. The molecule has 0 aliphatic rings. The maximum Gasteiger partial charge on any atom is 0.277 e. The lowest BCUT2D eigenvalue weighted by atomic mass is 10.2. The molecule has 0 aliphatic carbocycles. The van der Waals surface area contributed by atoms with E-state index >= 15 is 0 Å². The molecule has 1 heterocycles. The minimum Gasteiger partial charge on any atom is -0.343 e. The van der Waals surface area contributed by atoms with Crippen LogP contribution in [0.1, 0.15) is 33.1 Å². The van der Waals surface area contributed by atoms with Gasteiger partial charge in [0.1, 0.15) is 5.52 Å². The van der Waals surface area contributed by atoms with Crippen LogP contribution < -0.4 is 5.56 Å². The van der Waals surface area contributed by atoms with Crippen LogP contribution in [0.3, 0.4) is 0 Å². The van der Waals surface area contributed by atoms with Crippen molar-refractivity contribution < 1.29 is 4.79 Å². The van der Waals surface area contributed by atoms with Crippen molar-refractivity contribution in [2.45, 2.75) is 39.7 Å². The van der Waals surface area contributed by atoms with Crippen molar-refractivity contribution >= 4 is 16.8 Å². The van der Waals surface area contributed by atoms with Crippen molar-refractivity contribution in [1.82, 2.24) is 19.9 Å². The zero-order chi connectivity index (χ0) is 15.9. The third-order valence-corrected chi connectivity index (χ3v) is 3.51. The summed E-state index contributed by atoms with van der Waals surface area (Å²) in [4.78, 5) is 26.4. The normalized spacial score (nSPS) is 10.8. The number of fused-ring (bicyclic) bond motifs is 1. The molecule has 0 saturated heterocycles. The van der Waals surface area contributed by atoms with Gasteiger partial charge in [-0.2, -0.15) is 0 Å². The number of rotatable bonds is 7. The number of nitrogens with zero attached hydrogens (tertiary/aromatic N) is 4. The molecule has 1 aromatic heterocycles. The Kier molecular flexibility index (Phi) is 5.63. The van der Waals surface area contributed by atoms with Crippen LogP contribution in [0.5, 0.6) is 0 Å². The molecule has 6 nitrogen and oxygen atoms in total. The Morgan fingerprint density at radius 2 is 1.86 bits per heavy atom. The van der Waals surface area contributed by atoms with E-state index in [2.05, 4.69) is 24.2 Å². The zero-order valence-corrected chi connectivity index (χ0v) is 13.2. The van der Waals surface area contributed by atoms with E-state index in [0.717, 1.165) is 25.9 Å². The molecule has 0 N–H and O–H groups in total. The molecule has 1 amide bonds. The van der Waals surface area contributed by atoms with Gasteiger partial charge in [0.2, 0.25) is 5.91 Å². The van der Waals surface area contributed by atoms with Gasteiger partial charge >= 0.3 is 0 Å². The van der Waals surface area contributed by atoms with Gasteiger partial charge in [0, 0.05) is 19.5 Å². The molecule has 0 spiro atoms. The van der Waals surface area contributed by atoms with Crippen molar-refractivity contribution in [2.24, 2.45) is 0 Å². The van der Waals surface area contributed by atoms with Crippen molar-refractivity contribution in [3.05, 3.63) is 34.6 Å². The summed E-state index contributed by atoms with van der Waals surface area (Å²) in [7, 11) is 0. The molecule has 118 valence electrons. The fraction of sp³-hybridized carbons (Fsp3) is 0.500. The lowest BCUT2D eigenvalue weighted by molar-refractivity contribution is -0.131. The molecular formula is C16H22N4O2. The molecule has 22 heavy (non-hydrogen) atoms. The number of aryl methyl sites for hydroxylation is 1. The van der Waals surface area contributed by atoms with E-state index in [1.807, 2.05) is 11.0 Å². The molecule has 0 aliphatic heterocycles. The van der Waals surface area contributed by atoms with Gasteiger partial charge < -0.3 is 4.90 Å². The van der Waals surface area contributed by atoms with Gasteiger partial charge in [-0.25, -0.2) is 4.68 Å². The number of carbonyl (C=O) groups excluding carboxylic acids is 1. The average Bonchev–Trinajstić information content (AvgIpc) is 2.54. The van der Waals surface area contributed by atoms with Gasteiger partial charge in [0.25, 0.3) is 5.56 Å². The Hall–Kier alpha value is -2.24. The molecule has 0 radical (unpaired) electrons. The van der Waals surface area contributed by atoms with Crippen LogP contribution in [0.2, 0.25) is 0 Å². The fourth-order valence-electron chi connectivity index (χ4n) is 2.43. The summed E-state index contributed by atoms with van der Waals surface area (Å²) in [5.41, 5.74) is 0.379. The highest BCUT2D eigenvalue weighted by atomic mass is 16.2. The Morgan fingerprint density at radius 1 is 1.18 bits per heavy atom. The third kappa shape index (κ3) is 3.69. The lowest BCUT2D eigenvalue weighted by Crippen LogP contribution is -2.34. The monoisotopic (exact) mass is 302 g/mol. The van der Waals surface area contributed by atoms with E-state index in [1.165, 1.54) is 4.68 Å². The van der Waals surface area contributed by atoms with E-state index in [-0.39, 0.29) is 24.4 Å². The van der Waals surface area contributed by atoms with Gasteiger partial charge in [0.05, 0.1) is 11.9 Å². The molecule has 0 atom stereocenters. The molecule has 0 unspecified atom stereocenters. The Labute approximate surface area is 129 Å². The molecule has 2 aromatic rings. The van der Waals surface area contributed by atoms with Crippen LogP contribution >= 0.6 is 0 Å². The first-order valence-corrected chi connectivity index (χ1v) is 7.77. The maximum atomic E-state index is 12.3. The number of amides is 1. The average molecular weight is 302 g/mol. The molecule has 0 saturated carbocycles. The minimum atomic E-state index is -0.198. The Morgan fingerprint density at radius 3 is 2.55 bits per heavy atom. The molecule has 6 heteroatoms.